The molecular weight excluding hydrogens is 179 g/mol. The Labute approximate surface area is 65.5 Å². The van der Waals surface area contributed by atoms with Crippen LogP contribution in [0.25, 0.3) is 0 Å². The molecule has 0 aliphatic carbocycles. The van der Waals surface area contributed by atoms with Crippen molar-refractivity contribution in [2.75, 3.05) is 6.73 Å². The first-order valence-corrected chi connectivity index (χ1v) is 3.05. The predicted octanol–water partition coefficient (Wildman–Crippen LogP) is -0.318. The molecule has 12 heavy (non-hydrogen) atoms. The number of aldehydes is 1. The van der Waals surface area contributed by atoms with Gasteiger partial charge in [-0.1, -0.05) is 0 Å². The fourth-order valence-corrected chi connectivity index (χ4v) is 0.878. The monoisotopic (exact) mass is 185 g/mol. The van der Waals surface area contributed by atoms with Crippen LogP contribution in [0.3, 0.4) is 0 Å². The van der Waals surface area contributed by atoms with E-state index in [1.54, 1.807) is 0 Å². The Morgan fingerprint density at radius 3 is 2.50 bits per heavy atom. The standard InChI is InChI=1S/C5H6F3NO3/c6-5(7,8)9-2-12-4(11)3(9)1-10/h1,3-4,11H,2H2. The van der Waals surface area contributed by atoms with Crippen molar-refractivity contribution in [3.05, 3.63) is 0 Å². The van der Waals surface area contributed by atoms with Crippen molar-refractivity contribution in [1.82, 2.24) is 4.90 Å². The zero-order valence-corrected chi connectivity index (χ0v) is 5.78. The van der Waals surface area contributed by atoms with Gasteiger partial charge in [0.25, 0.3) is 0 Å². The summed E-state index contributed by atoms with van der Waals surface area (Å²) in [5, 5.41) is 8.73. The molecule has 1 fully saturated rings. The quantitative estimate of drug-likeness (QED) is 0.449. The van der Waals surface area contributed by atoms with Gasteiger partial charge in [0.2, 0.25) is 0 Å². The molecule has 1 rings (SSSR count). The summed E-state index contributed by atoms with van der Waals surface area (Å²) in [6.07, 6.45) is -6.34. The van der Waals surface area contributed by atoms with Crippen molar-refractivity contribution in [2.45, 2.75) is 18.6 Å². The van der Waals surface area contributed by atoms with Gasteiger partial charge in [0.1, 0.15) is 19.1 Å². The van der Waals surface area contributed by atoms with Gasteiger partial charge in [-0.05, 0) is 0 Å². The molecule has 2 atom stereocenters. The molecule has 0 aromatic rings. The molecule has 0 aromatic heterocycles. The number of aliphatic hydroxyl groups excluding tert-OH is 1. The predicted molar refractivity (Wildman–Crippen MR) is 29.7 cm³/mol. The molecule has 1 aliphatic heterocycles. The summed E-state index contributed by atoms with van der Waals surface area (Å²) in [4.78, 5) is 9.92. The number of ether oxygens (including phenoxy) is 1. The summed E-state index contributed by atoms with van der Waals surface area (Å²) < 4.78 is 40.1. The van der Waals surface area contributed by atoms with Crippen molar-refractivity contribution >= 4 is 6.29 Å². The molecule has 7 heteroatoms. The fraction of sp³-hybridized carbons (Fsp3) is 0.800. The second-order valence-corrected chi connectivity index (χ2v) is 2.25. The molecule has 1 N–H and O–H groups in total. The van der Waals surface area contributed by atoms with Crippen LogP contribution in [-0.2, 0) is 9.53 Å². The summed E-state index contributed by atoms with van der Waals surface area (Å²) >= 11 is 0. The maximum Gasteiger partial charge on any atom is 0.462 e. The highest BCUT2D eigenvalue weighted by molar-refractivity contribution is 5.58. The Morgan fingerprint density at radius 1 is 1.58 bits per heavy atom. The number of carbonyl (C=O) groups is 1. The molecule has 0 spiro atoms. The van der Waals surface area contributed by atoms with Crippen molar-refractivity contribution in [3.8, 4) is 0 Å². The first kappa shape index (κ1) is 9.43. The highest BCUT2D eigenvalue weighted by atomic mass is 19.4. The van der Waals surface area contributed by atoms with E-state index >= 15 is 0 Å². The highest BCUT2D eigenvalue weighted by Crippen LogP contribution is 2.28. The number of alkyl halides is 3. The number of rotatable bonds is 1. The van der Waals surface area contributed by atoms with Crippen LogP contribution in [0.15, 0.2) is 0 Å². The third-order valence-electron chi connectivity index (χ3n) is 1.50. The summed E-state index contributed by atoms with van der Waals surface area (Å²) in [5.41, 5.74) is 0. The first-order valence-electron chi connectivity index (χ1n) is 3.05. The SMILES string of the molecule is O=CC1C(O)OCN1C(F)(F)F. The number of hydrogen-bond acceptors (Lipinski definition) is 4. The molecule has 1 saturated heterocycles. The van der Waals surface area contributed by atoms with Crippen LogP contribution in [0, 0.1) is 0 Å². The summed E-state index contributed by atoms with van der Waals surface area (Å²) in [7, 11) is 0. The normalized spacial score (nSPS) is 32.3. The first-order chi connectivity index (χ1) is 5.46. The van der Waals surface area contributed by atoms with Gasteiger partial charge in [-0.2, -0.15) is 18.1 Å². The second-order valence-electron chi connectivity index (χ2n) is 2.25. The minimum Gasteiger partial charge on any atom is -0.366 e. The van der Waals surface area contributed by atoms with Crippen LogP contribution in [0.4, 0.5) is 13.2 Å². The zero-order chi connectivity index (χ0) is 9.35. The highest BCUT2D eigenvalue weighted by Gasteiger charge is 2.49. The van der Waals surface area contributed by atoms with Crippen LogP contribution in [-0.4, -0.2) is 41.7 Å². The fourth-order valence-electron chi connectivity index (χ4n) is 0.878. The second kappa shape index (κ2) is 3.00. The largest absolute Gasteiger partial charge is 0.462 e. The van der Waals surface area contributed by atoms with Crippen molar-refractivity contribution in [2.24, 2.45) is 0 Å². The van der Waals surface area contributed by atoms with Crippen LogP contribution >= 0.6 is 0 Å². The van der Waals surface area contributed by atoms with E-state index in [4.69, 9.17) is 5.11 Å². The van der Waals surface area contributed by atoms with Crippen LogP contribution in [0.5, 0.6) is 0 Å². The lowest BCUT2D eigenvalue weighted by atomic mass is 10.3. The van der Waals surface area contributed by atoms with Crippen molar-refractivity contribution < 1.29 is 27.8 Å². The average Bonchev–Trinajstić information content (AvgIpc) is 2.29. The zero-order valence-electron chi connectivity index (χ0n) is 5.78. The third-order valence-corrected chi connectivity index (χ3v) is 1.50. The maximum atomic E-state index is 11.9. The van der Waals surface area contributed by atoms with Crippen LogP contribution < -0.4 is 0 Å². The maximum absolute atomic E-state index is 11.9. The van der Waals surface area contributed by atoms with E-state index in [-0.39, 0.29) is 11.2 Å². The lowest BCUT2D eigenvalue weighted by Gasteiger charge is -2.20. The minimum atomic E-state index is -4.65. The number of hydrogen-bond donors (Lipinski definition) is 1. The number of halogens is 3. The molecular formula is C5H6F3NO3. The average molecular weight is 185 g/mol. The van der Waals surface area contributed by atoms with Gasteiger partial charge in [-0.3, -0.25) is 0 Å². The Morgan fingerprint density at radius 2 is 2.17 bits per heavy atom. The number of carbonyl (C=O) groups excluding carboxylic acids is 1. The van der Waals surface area contributed by atoms with Crippen molar-refractivity contribution in [1.29, 1.82) is 0 Å². The Kier molecular flexibility index (Phi) is 2.36. The van der Waals surface area contributed by atoms with Gasteiger partial charge in [-0.15, -0.1) is 0 Å². The lowest BCUT2D eigenvalue weighted by molar-refractivity contribution is -0.253. The van der Waals surface area contributed by atoms with Crippen LogP contribution in [0.2, 0.25) is 0 Å². The molecule has 2 unspecified atom stereocenters. The summed E-state index contributed by atoms with van der Waals surface area (Å²) in [6.45, 7) is -0.811. The van der Waals surface area contributed by atoms with E-state index in [9.17, 15) is 18.0 Å². The lowest BCUT2D eigenvalue weighted by Crippen LogP contribution is -2.45. The van der Waals surface area contributed by atoms with Gasteiger partial charge in [0.05, 0.1) is 0 Å². The Bertz CT molecular complexity index is 183. The number of nitrogens with zero attached hydrogens (tertiary/aromatic N) is 1. The van der Waals surface area contributed by atoms with E-state index in [0.717, 1.165) is 0 Å². The van der Waals surface area contributed by atoms with E-state index in [0.29, 0.717) is 0 Å². The van der Waals surface area contributed by atoms with E-state index in [2.05, 4.69) is 4.74 Å². The van der Waals surface area contributed by atoms with Gasteiger partial charge >= 0.3 is 6.30 Å². The van der Waals surface area contributed by atoms with Gasteiger partial charge < -0.3 is 14.6 Å². The third kappa shape index (κ3) is 1.57. The molecule has 1 aliphatic rings. The van der Waals surface area contributed by atoms with Gasteiger partial charge in [0.15, 0.2) is 6.29 Å². The van der Waals surface area contributed by atoms with E-state index in [1.165, 1.54) is 0 Å². The molecule has 70 valence electrons. The van der Waals surface area contributed by atoms with Crippen molar-refractivity contribution in [3.63, 3.8) is 0 Å². The Hall–Kier alpha value is -0.660. The topological polar surface area (TPSA) is 49.8 Å². The smallest absolute Gasteiger partial charge is 0.366 e. The molecule has 1 heterocycles. The molecule has 0 amide bonds. The van der Waals surface area contributed by atoms with Crippen LogP contribution in [0.1, 0.15) is 0 Å². The summed E-state index contributed by atoms with van der Waals surface area (Å²) in [5.74, 6) is 0. The van der Waals surface area contributed by atoms with E-state index < -0.39 is 25.4 Å². The molecule has 0 radical (unpaired) electrons. The van der Waals surface area contributed by atoms with Gasteiger partial charge in [-0.25, -0.2) is 0 Å². The summed E-state index contributed by atoms with van der Waals surface area (Å²) in [6, 6.07) is -1.65. The molecule has 0 aromatic carbocycles. The number of aliphatic hydroxyl groups is 1. The molecule has 0 saturated carbocycles. The molecule has 4 nitrogen and oxygen atoms in total. The Balaban J connectivity index is 2.73. The minimum absolute atomic E-state index is 0.00512. The van der Waals surface area contributed by atoms with Gasteiger partial charge in [0, 0.05) is 0 Å². The van der Waals surface area contributed by atoms with E-state index in [1.807, 2.05) is 0 Å². The molecule has 0 bridgehead atoms.